The van der Waals surface area contributed by atoms with Gasteiger partial charge >= 0.3 is 0 Å². The normalized spacial score (nSPS) is 58.8. The van der Waals surface area contributed by atoms with Crippen LogP contribution in [0.4, 0.5) is 0 Å². The van der Waals surface area contributed by atoms with Gasteiger partial charge in [-0.25, -0.2) is 0 Å². The van der Waals surface area contributed by atoms with E-state index >= 15 is 0 Å². The average Bonchev–Trinajstić information content (AvgIpc) is 1.94. The fourth-order valence-corrected chi connectivity index (χ4v) is 5.03. The van der Waals surface area contributed by atoms with Crippen LogP contribution in [0.2, 0.25) is 0 Å². The van der Waals surface area contributed by atoms with Crippen LogP contribution in [0.25, 0.3) is 0 Å². The van der Waals surface area contributed by atoms with Crippen molar-refractivity contribution < 1.29 is 9.90 Å². The monoisotopic (exact) mass is 244 g/mol. The van der Waals surface area contributed by atoms with Gasteiger partial charge < -0.3 is 5.11 Å². The molecule has 0 amide bonds. The van der Waals surface area contributed by atoms with Crippen molar-refractivity contribution in [1.82, 2.24) is 0 Å². The molecule has 0 saturated heterocycles. The molecule has 0 radical (unpaired) electrons. The summed E-state index contributed by atoms with van der Waals surface area (Å²) in [6.07, 6.45) is 4.18. The van der Waals surface area contributed by atoms with Gasteiger partial charge in [0.05, 0.1) is 5.60 Å². The van der Waals surface area contributed by atoms with Crippen LogP contribution in [0.1, 0.15) is 32.1 Å². The average molecular weight is 245 g/mol. The van der Waals surface area contributed by atoms with Crippen molar-refractivity contribution in [2.75, 3.05) is 0 Å². The SMILES string of the molecule is O=C1C2CC3(O)CC1CC(Br)(C2)C3. The molecule has 72 valence electrons. The Bertz CT molecular complexity index is 249. The maximum Gasteiger partial charge on any atom is 0.139 e. The van der Waals surface area contributed by atoms with E-state index in [0.29, 0.717) is 5.78 Å². The minimum Gasteiger partial charge on any atom is -0.390 e. The summed E-state index contributed by atoms with van der Waals surface area (Å²) in [5, 5.41) is 10.2. The lowest BCUT2D eigenvalue weighted by Crippen LogP contribution is -2.60. The third kappa shape index (κ3) is 1.06. The molecule has 4 aliphatic rings. The zero-order valence-corrected chi connectivity index (χ0v) is 9.01. The molecular weight excluding hydrogens is 232 g/mol. The predicted octanol–water partition coefficient (Wildman–Crippen LogP) is 1.64. The van der Waals surface area contributed by atoms with Gasteiger partial charge in [0, 0.05) is 16.2 Å². The fourth-order valence-electron chi connectivity index (χ4n) is 3.73. The Morgan fingerprint density at radius 3 is 2.23 bits per heavy atom. The van der Waals surface area contributed by atoms with Gasteiger partial charge in [-0.1, -0.05) is 15.9 Å². The van der Waals surface area contributed by atoms with Crippen LogP contribution in [-0.4, -0.2) is 20.8 Å². The van der Waals surface area contributed by atoms with Crippen molar-refractivity contribution in [3.63, 3.8) is 0 Å². The van der Waals surface area contributed by atoms with Crippen molar-refractivity contribution in [3.05, 3.63) is 0 Å². The lowest BCUT2D eigenvalue weighted by atomic mass is 9.53. The van der Waals surface area contributed by atoms with Gasteiger partial charge in [-0.3, -0.25) is 4.79 Å². The Balaban J connectivity index is 2.04. The van der Waals surface area contributed by atoms with Crippen LogP contribution in [0.3, 0.4) is 0 Å². The second-order valence-electron chi connectivity index (χ2n) is 5.16. The maximum absolute atomic E-state index is 11.7. The molecule has 13 heavy (non-hydrogen) atoms. The number of aliphatic hydroxyl groups is 1. The first-order valence-electron chi connectivity index (χ1n) is 4.95. The van der Waals surface area contributed by atoms with Gasteiger partial charge in [0.15, 0.2) is 0 Å². The number of Topliss-reactive ketones (excluding diaryl/α,β-unsaturated/α-hetero) is 1. The van der Waals surface area contributed by atoms with Crippen molar-refractivity contribution in [2.45, 2.75) is 42.0 Å². The van der Waals surface area contributed by atoms with E-state index < -0.39 is 5.60 Å². The summed E-state index contributed by atoms with van der Waals surface area (Å²) in [5.74, 6) is 0.704. The standard InChI is InChI=1S/C10H13BrO2/c11-9-1-6-3-10(13,5-9)4-7(2-9)8(6)12/h6-7,13H,1-5H2. The summed E-state index contributed by atoms with van der Waals surface area (Å²) in [4.78, 5) is 11.7. The molecule has 0 aliphatic heterocycles. The summed E-state index contributed by atoms with van der Waals surface area (Å²) >= 11 is 3.71. The quantitative estimate of drug-likeness (QED) is 0.659. The van der Waals surface area contributed by atoms with Crippen LogP contribution in [0.15, 0.2) is 0 Å². The molecule has 0 heterocycles. The number of alkyl halides is 1. The topological polar surface area (TPSA) is 37.3 Å². The number of rotatable bonds is 0. The molecule has 0 aromatic heterocycles. The number of hydrogen-bond acceptors (Lipinski definition) is 2. The molecule has 0 spiro atoms. The second-order valence-corrected chi connectivity index (χ2v) is 6.85. The molecule has 4 bridgehead atoms. The number of carbonyl (C=O) groups is 1. The summed E-state index contributed by atoms with van der Waals surface area (Å²) in [5.41, 5.74) is -0.525. The first kappa shape index (κ1) is 8.42. The molecule has 1 N–H and O–H groups in total. The fraction of sp³-hybridized carbons (Fsp3) is 0.900. The summed E-state index contributed by atoms with van der Waals surface area (Å²) < 4.78 is 0.0848. The molecule has 0 aromatic carbocycles. The molecule has 4 saturated carbocycles. The van der Waals surface area contributed by atoms with Crippen molar-refractivity contribution >= 4 is 21.7 Å². The second kappa shape index (κ2) is 2.19. The van der Waals surface area contributed by atoms with Crippen LogP contribution < -0.4 is 0 Å². The van der Waals surface area contributed by atoms with Gasteiger partial charge in [0.1, 0.15) is 5.78 Å². The number of ketones is 1. The van der Waals surface area contributed by atoms with Gasteiger partial charge in [0.2, 0.25) is 0 Å². The van der Waals surface area contributed by atoms with Gasteiger partial charge in [-0.05, 0) is 32.1 Å². The van der Waals surface area contributed by atoms with Crippen LogP contribution in [0, 0.1) is 11.8 Å². The molecule has 3 heteroatoms. The summed E-state index contributed by atoms with van der Waals surface area (Å²) in [6, 6.07) is 0. The van der Waals surface area contributed by atoms with E-state index in [1.165, 1.54) is 0 Å². The molecule has 2 unspecified atom stereocenters. The highest BCUT2D eigenvalue weighted by Gasteiger charge is 2.59. The van der Waals surface area contributed by atoms with E-state index in [9.17, 15) is 9.90 Å². The first-order chi connectivity index (χ1) is 6.00. The van der Waals surface area contributed by atoms with Crippen LogP contribution in [0.5, 0.6) is 0 Å². The Hall–Kier alpha value is 0.110. The molecule has 2 atom stereocenters. The highest BCUT2D eigenvalue weighted by molar-refractivity contribution is 9.10. The van der Waals surface area contributed by atoms with E-state index in [1.54, 1.807) is 0 Å². The lowest BCUT2D eigenvalue weighted by Gasteiger charge is -2.57. The Morgan fingerprint density at radius 1 is 1.23 bits per heavy atom. The summed E-state index contributed by atoms with van der Waals surface area (Å²) in [6.45, 7) is 0. The zero-order valence-electron chi connectivity index (χ0n) is 7.42. The van der Waals surface area contributed by atoms with Crippen molar-refractivity contribution in [1.29, 1.82) is 0 Å². The third-order valence-corrected chi connectivity index (χ3v) is 4.86. The van der Waals surface area contributed by atoms with Crippen LogP contribution in [-0.2, 0) is 4.79 Å². The minimum absolute atomic E-state index is 0.0848. The molecule has 4 fully saturated rings. The highest BCUT2D eigenvalue weighted by atomic mass is 79.9. The molecule has 2 nitrogen and oxygen atoms in total. The Labute approximate surface area is 85.8 Å². The lowest BCUT2D eigenvalue weighted by molar-refractivity contribution is -0.156. The van der Waals surface area contributed by atoms with Gasteiger partial charge in [-0.2, -0.15) is 0 Å². The van der Waals surface area contributed by atoms with E-state index in [1.807, 2.05) is 0 Å². The minimum atomic E-state index is -0.525. The van der Waals surface area contributed by atoms with Gasteiger partial charge in [0.25, 0.3) is 0 Å². The highest BCUT2D eigenvalue weighted by Crippen LogP contribution is 2.59. The van der Waals surface area contributed by atoms with Crippen LogP contribution >= 0.6 is 15.9 Å². The largest absolute Gasteiger partial charge is 0.390 e. The smallest absolute Gasteiger partial charge is 0.139 e. The third-order valence-electron chi connectivity index (χ3n) is 3.93. The van der Waals surface area contributed by atoms with Crippen molar-refractivity contribution in [2.24, 2.45) is 11.8 Å². The first-order valence-corrected chi connectivity index (χ1v) is 5.74. The van der Waals surface area contributed by atoms with E-state index in [2.05, 4.69) is 15.9 Å². The molecular formula is C10H13BrO2. The summed E-state index contributed by atoms with van der Waals surface area (Å²) in [7, 11) is 0. The Morgan fingerprint density at radius 2 is 1.77 bits per heavy atom. The van der Waals surface area contributed by atoms with E-state index in [-0.39, 0.29) is 16.2 Å². The molecule has 0 aromatic rings. The zero-order chi connectivity index (χ0) is 9.27. The Kier molecular flexibility index (Phi) is 1.42. The molecule has 4 rings (SSSR count). The van der Waals surface area contributed by atoms with Crippen molar-refractivity contribution in [3.8, 4) is 0 Å². The van der Waals surface area contributed by atoms with Gasteiger partial charge in [-0.15, -0.1) is 0 Å². The maximum atomic E-state index is 11.7. The molecule has 4 aliphatic carbocycles. The number of hydrogen-bond donors (Lipinski definition) is 1. The van der Waals surface area contributed by atoms with E-state index in [4.69, 9.17) is 0 Å². The predicted molar refractivity (Wildman–Crippen MR) is 51.7 cm³/mol. The van der Waals surface area contributed by atoms with E-state index in [0.717, 1.165) is 32.1 Å². The number of carbonyl (C=O) groups excluding carboxylic acids is 1. The number of halogens is 1.